The van der Waals surface area contributed by atoms with Crippen LogP contribution in [0.1, 0.15) is 54.9 Å². The lowest BCUT2D eigenvalue weighted by molar-refractivity contribution is -0.143. The molecule has 1 spiro atoms. The van der Waals surface area contributed by atoms with E-state index in [9.17, 15) is 9.59 Å². The third kappa shape index (κ3) is 5.43. The van der Waals surface area contributed by atoms with Crippen molar-refractivity contribution in [2.45, 2.75) is 57.5 Å². The monoisotopic (exact) mass is 508 g/mol. The molecule has 0 saturated heterocycles. The molecule has 5 rings (SSSR count). The van der Waals surface area contributed by atoms with Gasteiger partial charge in [-0.05, 0) is 79.5 Å². The van der Waals surface area contributed by atoms with Crippen molar-refractivity contribution in [3.05, 3.63) is 100 Å². The Morgan fingerprint density at radius 3 is 2.74 bits per heavy atom. The maximum Gasteiger partial charge on any atom is 0.305 e. The first-order chi connectivity index (χ1) is 18.5. The second kappa shape index (κ2) is 11.1. The number of aryl methyl sites for hydroxylation is 2. The molecule has 1 N–H and O–H groups in total. The van der Waals surface area contributed by atoms with Gasteiger partial charge in [-0.15, -0.1) is 0 Å². The van der Waals surface area contributed by atoms with E-state index in [4.69, 9.17) is 16.0 Å². The molecule has 3 aromatic rings. The van der Waals surface area contributed by atoms with Crippen LogP contribution >= 0.6 is 0 Å². The summed E-state index contributed by atoms with van der Waals surface area (Å²) in [5, 5.41) is 3.12. The van der Waals surface area contributed by atoms with Crippen LogP contribution in [-0.2, 0) is 39.2 Å². The zero-order valence-electron chi connectivity index (χ0n) is 21.7. The molecular weight excluding hydrogens is 476 g/mol. The highest BCUT2D eigenvalue weighted by atomic mass is 16.5. The molecule has 1 fully saturated rings. The molecule has 194 valence electrons. The molecule has 2 aliphatic carbocycles. The van der Waals surface area contributed by atoms with Crippen LogP contribution in [-0.4, -0.2) is 18.5 Å². The van der Waals surface area contributed by atoms with Gasteiger partial charge < -0.3 is 14.8 Å². The smallest absolute Gasteiger partial charge is 0.305 e. The first-order valence-corrected chi connectivity index (χ1v) is 13.3. The first-order valence-electron chi connectivity index (χ1n) is 13.3. The Balaban J connectivity index is 1.27. The Kier molecular flexibility index (Phi) is 7.46. The minimum absolute atomic E-state index is 0.0118. The zero-order chi connectivity index (χ0) is 26.5. The van der Waals surface area contributed by atoms with Crippen molar-refractivity contribution in [2.75, 3.05) is 11.9 Å². The van der Waals surface area contributed by atoms with Crippen LogP contribution in [0.4, 0.5) is 11.4 Å². The van der Waals surface area contributed by atoms with Gasteiger partial charge in [0.1, 0.15) is 12.4 Å². The number of fused-ring (bicyclic) bond motifs is 2. The second-order valence-electron chi connectivity index (χ2n) is 10.1. The third-order valence-corrected chi connectivity index (χ3v) is 7.71. The summed E-state index contributed by atoms with van der Waals surface area (Å²) in [7, 11) is 0. The van der Waals surface area contributed by atoms with E-state index in [-0.39, 0.29) is 23.2 Å². The van der Waals surface area contributed by atoms with Crippen molar-refractivity contribution in [2.24, 2.45) is 5.92 Å². The van der Waals surface area contributed by atoms with E-state index in [1.165, 1.54) is 11.1 Å². The lowest BCUT2D eigenvalue weighted by atomic mass is 9.94. The SMILES string of the molecule is [C-]#[N+]c1ccc(CCCC(=O)OCC)c(NC(=O)[C@@H]2C[C@]23CCc2ccc(OCc4ccccc4)cc23)c1. The van der Waals surface area contributed by atoms with Crippen LogP contribution < -0.4 is 10.1 Å². The molecule has 1 amide bonds. The maximum absolute atomic E-state index is 13.5. The van der Waals surface area contributed by atoms with Gasteiger partial charge in [-0.2, -0.15) is 0 Å². The number of ether oxygens (including phenoxy) is 2. The second-order valence-corrected chi connectivity index (χ2v) is 10.1. The summed E-state index contributed by atoms with van der Waals surface area (Å²) in [6.45, 7) is 10.1. The highest BCUT2D eigenvalue weighted by Gasteiger charge is 2.61. The van der Waals surface area contributed by atoms with E-state index in [2.05, 4.69) is 22.3 Å². The molecule has 0 radical (unpaired) electrons. The number of carbonyl (C=O) groups is 2. The third-order valence-electron chi connectivity index (χ3n) is 7.71. The first kappa shape index (κ1) is 25.5. The van der Waals surface area contributed by atoms with E-state index in [1.807, 2.05) is 42.5 Å². The van der Waals surface area contributed by atoms with Gasteiger partial charge >= 0.3 is 5.97 Å². The number of nitrogens with one attached hydrogen (secondary N) is 1. The summed E-state index contributed by atoms with van der Waals surface area (Å²) in [6, 6.07) is 21.7. The lowest BCUT2D eigenvalue weighted by Crippen LogP contribution is -2.20. The molecule has 2 atom stereocenters. The molecule has 0 heterocycles. The molecule has 38 heavy (non-hydrogen) atoms. The lowest BCUT2D eigenvalue weighted by Gasteiger charge is -2.16. The van der Waals surface area contributed by atoms with Gasteiger partial charge in [-0.25, -0.2) is 4.85 Å². The predicted molar refractivity (Wildman–Crippen MR) is 146 cm³/mol. The van der Waals surface area contributed by atoms with Gasteiger partial charge in [0.15, 0.2) is 5.69 Å². The standard InChI is InChI=1S/C32H32N2O4/c1-3-37-30(35)11-7-10-24-12-14-25(33-2)18-29(24)34-31(36)28-20-32(28)17-16-23-13-15-26(19-27(23)32)38-21-22-8-5-4-6-9-22/h4-6,8-9,12-15,18-19,28H,3,7,10-11,16-17,20-21H2,1H3,(H,34,36)/t28-,32-/m0/s1. The number of rotatable bonds is 10. The Morgan fingerprint density at radius 2 is 1.95 bits per heavy atom. The van der Waals surface area contributed by atoms with E-state index in [0.29, 0.717) is 43.9 Å². The number of esters is 1. The minimum atomic E-state index is -0.220. The van der Waals surface area contributed by atoms with Crippen molar-refractivity contribution >= 4 is 23.3 Å². The fourth-order valence-electron chi connectivity index (χ4n) is 5.63. The Hall–Kier alpha value is -4.11. The zero-order valence-corrected chi connectivity index (χ0v) is 21.7. The average molecular weight is 509 g/mol. The fourth-order valence-corrected chi connectivity index (χ4v) is 5.63. The van der Waals surface area contributed by atoms with Gasteiger partial charge in [0.25, 0.3) is 0 Å². The summed E-state index contributed by atoms with van der Waals surface area (Å²) in [6.07, 6.45) is 4.29. The van der Waals surface area contributed by atoms with Gasteiger partial charge in [0.2, 0.25) is 5.91 Å². The van der Waals surface area contributed by atoms with E-state index < -0.39 is 0 Å². The predicted octanol–water partition coefficient (Wildman–Crippen LogP) is 6.54. The normalized spacial score (nSPS) is 18.9. The van der Waals surface area contributed by atoms with Crippen molar-refractivity contribution in [1.29, 1.82) is 0 Å². The molecule has 6 nitrogen and oxygen atoms in total. The van der Waals surface area contributed by atoms with Crippen molar-refractivity contribution < 1.29 is 19.1 Å². The molecule has 3 aromatic carbocycles. The minimum Gasteiger partial charge on any atom is -0.489 e. The highest BCUT2D eigenvalue weighted by molar-refractivity contribution is 5.97. The van der Waals surface area contributed by atoms with E-state index in [1.54, 1.807) is 19.1 Å². The molecular formula is C32H32N2O4. The van der Waals surface area contributed by atoms with Crippen LogP contribution in [0.2, 0.25) is 0 Å². The van der Waals surface area contributed by atoms with Crippen LogP contribution in [0.5, 0.6) is 5.75 Å². The number of carbonyl (C=O) groups excluding carboxylic acids is 2. The number of amides is 1. The molecule has 0 bridgehead atoms. The van der Waals surface area contributed by atoms with Gasteiger partial charge in [-0.3, -0.25) is 9.59 Å². The summed E-state index contributed by atoms with van der Waals surface area (Å²) >= 11 is 0. The Labute approximate surface area is 223 Å². The topological polar surface area (TPSA) is 69.0 Å². The van der Waals surface area contributed by atoms with Gasteiger partial charge in [-0.1, -0.05) is 48.5 Å². The van der Waals surface area contributed by atoms with Gasteiger partial charge in [0, 0.05) is 23.4 Å². The number of hydrogen-bond acceptors (Lipinski definition) is 4. The molecule has 2 aliphatic rings. The Bertz CT molecular complexity index is 1380. The molecule has 1 saturated carbocycles. The van der Waals surface area contributed by atoms with E-state index in [0.717, 1.165) is 36.1 Å². The molecule has 0 unspecified atom stereocenters. The molecule has 6 heteroatoms. The van der Waals surface area contributed by atoms with E-state index >= 15 is 0 Å². The summed E-state index contributed by atoms with van der Waals surface area (Å²) in [5.74, 6) is 0.482. The average Bonchev–Trinajstić information content (AvgIpc) is 3.57. The number of benzene rings is 3. The number of hydrogen-bond donors (Lipinski definition) is 1. The summed E-state index contributed by atoms with van der Waals surface area (Å²) < 4.78 is 11.1. The molecule has 0 aliphatic heterocycles. The van der Waals surface area contributed by atoms with Crippen LogP contribution in [0.25, 0.3) is 4.85 Å². The summed E-state index contributed by atoms with van der Waals surface area (Å²) in [4.78, 5) is 28.7. The van der Waals surface area contributed by atoms with Crippen molar-refractivity contribution in [1.82, 2.24) is 0 Å². The largest absolute Gasteiger partial charge is 0.489 e. The van der Waals surface area contributed by atoms with Crippen LogP contribution in [0.15, 0.2) is 66.7 Å². The van der Waals surface area contributed by atoms with Crippen molar-refractivity contribution in [3.63, 3.8) is 0 Å². The molecule has 0 aromatic heterocycles. The number of nitrogens with zero attached hydrogens (tertiary/aromatic N) is 1. The fraction of sp³-hybridized carbons (Fsp3) is 0.344. The van der Waals surface area contributed by atoms with Crippen molar-refractivity contribution in [3.8, 4) is 5.75 Å². The van der Waals surface area contributed by atoms with Gasteiger partial charge in [0.05, 0.1) is 13.2 Å². The quantitative estimate of drug-likeness (QED) is 0.249. The maximum atomic E-state index is 13.5. The Morgan fingerprint density at radius 1 is 1.11 bits per heavy atom. The summed E-state index contributed by atoms with van der Waals surface area (Å²) in [5.41, 5.74) is 5.56. The number of anilines is 1. The van der Waals surface area contributed by atoms with Crippen LogP contribution in [0.3, 0.4) is 0 Å². The van der Waals surface area contributed by atoms with Crippen LogP contribution in [0, 0.1) is 12.5 Å². The highest BCUT2D eigenvalue weighted by Crippen LogP contribution is 2.62.